The Bertz CT molecular complexity index is 980. The quantitative estimate of drug-likeness (QED) is 0.582. The molecular weight excluding hydrogens is 424 g/mol. The van der Waals surface area contributed by atoms with Gasteiger partial charge < -0.3 is 19.9 Å². The fraction of sp³-hybridized carbons (Fsp3) is 0.455. The number of ether oxygens (including phenoxy) is 1. The van der Waals surface area contributed by atoms with Crippen LogP contribution in [0.1, 0.15) is 25.1 Å². The molecule has 2 N–H and O–H groups in total. The van der Waals surface area contributed by atoms with E-state index in [1.807, 2.05) is 25.1 Å². The predicted octanol–water partition coefficient (Wildman–Crippen LogP) is 3.33. The molecule has 0 saturated carbocycles. The van der Waals surface area contributed by atoms with Crippen LogP contribution in [0.3, 0.4) is 0 Å². The van der Waals surface area contributed by atoms with Crippen LogP contribution in [-0.2, 0) is 4.74 Å². The summed E-state index contributed by atoms with van der Waals surface area (Å²) in [4.78, 5) is 18.7. The van der Waals surface area contributed by atoms with Crippen LogP contribution in [0.15, 0.2) is 47.7 Å². The van der Waals surface area contributed by atoms with Gasteiger partial charge in [0.15, 0.2) is 11.0 Å². The molecule has 170 valence electrons. The number of aromatic amines is 1. The highest BCUT2D eigenvalue weighted by Gasteiger charge is 2.20. The van der Waals surface area contributed by atoms with Crippen molar-refractivity contribution < 1.29 is 4.74 Å². The molecule has 0 aromatic carbocycles. The van der Waals surface area contributed by atoms with E-state index in [0.29, 0.717) is 28.1 Å². The van der Waals surface area contributed by atoms with Gasteiger partial charge in [0.1, 0.15) is 6.10 Å². The Hall–Kier alpha value is -2.69. The normalized spacial score (nSPS) is 20.2. The van der Waals surface area contributed by atoms with Crippen molar-refractivity contribution in [2.75, 3.05) is 50.6 Å². The predicted molar refractivity (Wildman–Crippen MR) is 129 cm³/mol. The maximum Gasteiger partial charge on any atom is 0.234 e. The number of methoxy groups -OCH3 is 1. The lowest BCUT2D eigenvalue weighted by Crippen LogP contribution is -2.45. The number of rotatable bonds is 8. The Balaban J connectivity index is 1.56. The number of thioether (sulfide) groups is 1. The van der Waals surface area contributed by atoms with E-state index in [4.69, 9.17) is 14.7 Å². The van der Waals surface area contributed by atoms with Crippen LogP contribution < -0.4 is 10.2 Å². The van der Waals surface area contributed by atoms with Gasteiger partial charge in [0.05, 0.1) is 5.69 Å². The molecule has 9 nitrogen and oxygen atoms in total. The summed E-state index contributed by atoms with van der Waals surface area (Å²) in [5.41, 5.74) is 0.857. The maximum atomic E-state index is 5.50. The van der Waals surface area contributed by atoms with E-state index in [-0.39, 0.29) is 6.10 Å². The molecule has 10 heteroatoms. The highest BCUT2D eigenvalue weighted by Crippen LogP contribution is 2.28. The minimum atomic E-state index is -0.181. The average Bonchev–Trinajstić information content (AvgIpc) is 3.26. The zero-order chi connectivity index (χ0) is 22.3. The van der Waals surface area contributed by atoms with Gasteiger partial charge in [0, 0.05) is 44.6 Å². The van der Waals surface area contributed by atoms with Gasteiger partial charge in [-0.15, -0.1) is 0 Å². The van der Waals surface area contributed by atoms with Crippen LogP contribution in [0.2, 0.25) is 0 Å². The summed E-state index contributed by atoms with van der Waals surface area (Å²) in [6, 6.07) is 1.91. The molecule has 0 amide bonds. The van der Waals surface area contributed by atoms with Crippen molar-refractivity contribution in [3.05, 3.63) is 48.2 Å². The van der Waals surface area contributed by atoms with Gasteiger partial charge >= 0.3 is 0 Å². The van der Waals surface area contributed by atoms with Gasteiger partial charge in [-0.25, -0.2) is 0 Å². The first-order valence-corrected chi connectivity index (χ1v) is 11.7. The van der Waals surface area contributed by atoms with Crippen LogP contribution in [0.25, 0.3) is 0 Å². The van der Waals surface area contributed by atoms with Crippen molar-refractivity contribution in [1.29, 1.82) is 0 Å². The van der Waals surface area contributed by atoms with E-state index in [1.165, 1.54) is 0 Å². The largest absolute Gasteiger partial charge is 0.371 e. The van der Waals surface area contributed by atoms with Crippen molar-refractivity contribution in [3.63, 3.8) is 0 Å². The Morgan fingerprint density at radius 1 is 1.22 bits per heavy atom. The van der Waals surface area contributed by atoms with E-state index in [0.717, 1.165) is 38.3 Å². The van der Waals surface area contributed by atoms with Gasteiger partial charge in [-0.2, -0.15) is 20.1 Å². The second kappa shape index (κ2) is 10.8. The smallest absolute Gasteiger partial charge is 0.234 e. The van der Waals surface area contributed by atoms with E-state index in [9.17, 15) is 0 Å². The van der Waals surface area contributed by atoms with Gasteiger partial charge in [-0.3, -0.25) is 5.10 Å². The SMILES string of the molecule is CC=CC(OC)c1cc(Nc2nc(SC3C=CC=CC3)nc(N3CCN(C)CC3)n2)n[nH]1. The number of likely N-dealkylation sites (N-methyl/N-ethyl adjacent to an activating group) is 1. The van der Waals surface area contributed by atoms with Crippen LogP contribution >= 0.6 is 11.8 Å². The van der Waals surface area contributed by atoms with E-state index < -0.39 is 0 Å². The highest BCUT2D eigenvalue weighted by molar-refractivity contribution is 7.99. The van der Waals surface area contributed by atoms with E-state index >= 15 is 0 Å². The third kappa shape index (κ3) is 5.76. The first kappa shape index (κ1) is 22.5. The molecule has 4 rings (SSSR count). The molecule has 1 aliphatic carbocycles. The van der Waals surface area contributed by atoms with Gasteiger partial charge in [-0.1, -0.05) is 48.2 Å². The third-order valence-electron chi connectivity index (χ3n) is 5.35. The average molecular weight is 455 g/mol. The van der Waals surface area contributed by atoms with Crippen molar-refractivity contribution in [2.24, 2.45) is 0 Å². The first-order chi connectivity index (χ1) is 15.6. The van der Waals surface area contributed by atoms with E-state index in [2.05, 4.69) is 61.6 Å². The van der Waals surface area contributed by atoms with Gasteiger partial charge in [0.2, 0.25) is 11.9 Å². The topological polar surface area (TPSA) is 95.1 Å². The number of aromatic nitrogens is 5. The monoisotopic (exact) mass is 454 g/mol. The molecule has 2 aromatic heterocycles. The molecule has 32 heavy (non-hydrogen) atoms. The molecule has 2 aliphatic rings. The van der Waals surface area contributed by atoms with Crippen molar-refractivity contribution in [3.8, 4) is 0 Å². The molecule has 1 fully saturated rings. The summed E-state index contributed by atoms with van der Waals surface area (Å²) >= 11 is 1.65. The van der Waals surface area contributed by atoms with Crippen LogP contribution in [-0.4, -0.2) is 75.6 Å². The van der Waals surface area contributed by atoms with Crippen LogP contribution in [0.4, 0.5) is 17.7 Å². The molecule has 1 saturated heterocycles. The molecule has 2 atom stereocenters. The molecule has 0 bridgehead atoms. The van der Waals surface area contributed by atoms with Gasteiger partial charge in [0.25, 0.3) is 0 Å². The van der Waals surface area contributed by atoms with Crippen molar-refractivity contribution in [2.45, 2.75) is 29.9 Å². The van der Waals surface area contributed by atoms with Crippen molar-refractivity contribution >= 4 is 29.5 Å². The lowest BCUT2D eigenvalue weighted by atomic mass is 10.2. The van der Waals surface area contributed by atoms with Crippen molar-refractivity contribution in [1.82, 2.24) is 30.0 Å². The number of hydrogen-bond acceptors (Lipinski definition) is 9. The Kier molecular flexibility index (Phi) is 7.56. The fourth-order valence-electron chi connectivity index (χ4n) is 3.53. The molecule has 2 unspecified atom stereocenters. The van der Waals surface area contributed by atoms with Crippen LogP contribution in [0.5, 0.6) is 0 Å². The number of anilines is 3. The zero-order valence-corrected chi connectivity index (χ0v) is 19.5. The number of nitrogens with one attached hydrogen (secondary N) is 2. The Morgan fingerprint density at radius 2 is 2.06 bits per heavy atom. The minimum Gasteiger partial charge on any atom is -0.371 e. The zero-order valence-electron chi connectivity index (χ0n) is 18.7. The lowest BCUT2D eigenvalue weighted by molar-refractivity contribution is 0.139. The van der Waals surface area contributed by atoms with E-state index in [1.54, 1.807) is 18.9 Å². The minimum absolute atomic E-state index is 0.181. The molecular formula is C22H30N8OS. The number of allylic oxidation sites excluding steroid dienone is 4. The molecule has 2 aromatic rings. The molecule has 0 spiro atoms. The number of piperazine rings is 1. The highest BCUT2D eigenvalue weighted by atomic mass is 32.2. The van der Waals surface area contributed by atoms with Gasteiger partial charge in [-0.05, 0) is 20.4 Å². The number of hydrogen-bond donors (Lipinski definition) is 2. The van der Waals surface area contributed by atoms with Crippen LogP contribution in [0, 0.1) is 0 Å². The summed E-state index contributed by atoms with van der Waals surface area (Å²) < 4.78 is 5.50. The summed E-state index contributed by atoms with van der Waals surface area (Å²) in [7, 11) is 3.81. The molecule has 1 aliphatic heterocycles. The Morgan fingerprint density at radius 3 is 2.78 bits per heavy atom. The standard InChI is InChI=1S/C22H30N8OS/c1-4-8-18(31-3)17-15-19(28-27-17)23-20-24-21(30-13-11-29(2)12-14-30)26-22(25-20)32-16-9-6-5-7-10-16/h4-9,15-16,18H,10-14H2,1-3H3,(H2,23,24,25,26,27,28). The third-order valence-corrected chi connectivity index (χ3v) is 6.40. The first-order valence-electron chi connectivity index (χ1n) is 10.8. The summed E-state index contributed by atoms with van der Waals surface area (Å²) in [5.74, 6) is 1.83. The summed E-state index contributed by atoms with van der Waals surface area (Å²) in [6.45, 7) is 5.71. The fourth-order valence-corrected chi connectivity index (χ4v) is 4.45. The second-order valence-electron chi connectivity index (χ2n) is 7.75. The second-order valence-corrected chi connectivity index (χ2v) is 8.96. The summed E-state index contributed by atoms with van der Waals surface area (Å²) in [6.07, 6.45) is 13.2. The maximum absolute atomic E-state index is 5.50. The number of nitrogens with zero attached hydrogens (tertiary/aromatic N) is 6. The molecule has 0 radical (unpaired) electrons. The lowest BCUT2D eigenvalue weighted by Gasteiger charge is -2.32. The summed E-state index contributed by atoms with van der Waals surface area (Å²) in [5, 5.41) is 11.7. The Labute approximate surface area is 193 Å². The molecule has 3 heterocycles. The number of H-pyrrole nitrogens is 1.